The Morgan fingerprint density at radius 2 is 2.07 bits per heavy atom. The number of unbranched alkanes of at least 4 members (excludes halogenated alkanes) is 3. The van der Waals surface area contributed by atoms with Gasteiger partial charge in [-0.3, -0.25) is 0 Å². The zero-order chi connectivity index (χ0) is 11.1. The van der Waals surface area contributed by atoms with Crippen LogP contribution in [-0.4, -0.2) is 6.61 Å². The number of anilines is 1. The second-order valence-corrected chi connectivity index (χ2v) is 3.97. The topological polar surface area (TPSA) is 35.2 Å². The van der Waals surface area contributed by atoms with Gasteiger partial charge in [-0.05, 0) is 18.6 Å². The third kappa shape index (κ3) is 4.00. The van der Waals surface area contributed by atoms with E-state index in [-0.39, 0.29) is 0 Å². The molecule has 0 spiro atoms. The second kappa shape index (κ2) is 6.57. The Labute approximate surface area is 96.4 Å². The standard InChI is InChI=1S/C12H18ClNO/c1-2-3-4-5-9-15-12-10(13)7-6-8-11(12)14/h6-8H,2-5,9,14H2,1H3. The highest BCUT2D eigenvalue weighted by molar-refractivity contribution is 6.32. The van der Waals surface area contributed by atoms with E-state index in [0.717, 1.165) is 6.42 Å². The Morgan fingerprint density at radius 3 is 2.73 bits per heavy atom. The van der Waals surface area contributed by atoms with Crippen LogP contribution in [0.3, 0.4) is 0 Å². The van der Waals surface area contributed by atoms with Crippen molar-refractivity contribution in [2.24, 2.45) is 0 Å². The van der Waals surface area contributed by atoms with Gasteiger partial charge in [-0.25, -0.2) is 0 Å². The number of benzene rings is 1. The van der Waals surface area contributed by atoms with Crippen LogP contribution in [0.4, 0.5) is 5.69 Å². The Bertz CT molecular complexity index is 281. The molecule has 0 heterocycles. The molecule has 0 saturated heterocycles. The first-order chi connectivity index (χ1) is 7.25. The van der Waals surface area contributed by atoms with Gasteiger partial charge in [0.1, 0.15) is 0 Å². The highest BCUT2D eigenvalue weighted by Crippen LogP contribution is 2.30. The van der Waals surface area contributed by atoms with E-state index in [2.05, 4.69) is 6.92 Å². The number of rotatable bonds is 6. The summed E-state index contributed by atoms with van der Waals surface area (Å²) in [6.07, 6.45) is 4.73. The van der Waals surface area contributed by atoms with Gasteiger partial charge >= 0.3 is 0 Å². The number of nitrogen functional groups attached to an aromatic ring is 1. The molecule has 0 aliphatic rings. The number of para-hydroxylation sites is 1. The zero-order valence-electron chi connectivity index (χ0n) is 9.13. The molecule has 2 nitrogen and oxygen atoms in total. The predicted octanol–water partition coefficient (Wildman–Crippen LogP) is 3.88. The summed E-state index contributed by atoms with van der Waals surface area (Å²) in [6, 6.07) is 5.41. The third-order valence-corrected chi connectivity index (χ3v) is 2.54. The van der Waals surface area contributed by atoms with Crippen molar-refractivity contribution in [1.82, 2.24) is 0 Å². The fourth-order valence-corrected chi connectivity index (χ4v) is 1.62. The Morgan fingerprint density at radius 1 is 1.27 bits per heavy atom. The van der Waals surface area contributed by atoms with Gasteiger partial charge in [0.05, 0.1) is 17.3 Å². The van der Waals surface area contributed by atoms with Gasteiger partial charge in [0.2, 0.25) is 0 Å². The Balaban J connectivity index is 2.37. The minimum Gasteiger partial charge on any atom is -0.490 e. The lowest BCUT2D eigenvalue weighted by atomic mass is 10.2. The van der Waals surface area contributed by atoms with E-state index in [1.54, 1.807) is 12.1 Å². The van der Waals surface area contributed by atoms with Crippen molar-refractivity contribution in [3.05, 3.63) is 23.2 Å². The molecule has 1 aromatic carbocycles. The SMILES string of the molecule is CCCCCCOc1c(N)cccc1Cl. The van der Waals surface area contributed by atoms with Crippen molar-refractivity contribution in [2.75, 3.05) is 12.3 Å². The molecule has 0 saturated carbocycles. The number of hydrogen-bond donors (Lipinski definition) is 1. The maximum absolute atomic E-state index is 5.96. The van der Waals surface area contributed by atoms with E-state index in [9.17, 15) is 0 Å². The predicted molar refractivity (Wildman–Crippen MR) is 65.5 cm³/mol. The zero-order valence-corrected chi connectivity index (χ0v) is 9.89. The average Bonchev–Trinajstić information content (AvgIpc) is 2.21. The number of halogens is 1. The van der Waals surface area contributed by atoms with Crippen molar-refractivity contribution in [1.29, 1.82) is 0 Å². The second-order valence-electron chi connectivity index (χ2n) is 3.57. The lowest BCUT2D eigenvalue weighted by Crippen LogP contribution is -2.00. The molecule has 1 rings (SSSR count). The lowest BCUT2D eigenvalue weighted by Gasteiger charge is -2.09. The number of ether oxygens (including phenoxy) is 1. The first-order valence-corrected chi connectivity index (χ1v) is 5.80. The van der Waals surface area contributed by atoms with Gasteiger partial charge in [-0.1, -0.05) is 43.9 Å². The van der Waals surface area contributed by atoms with Gasteiger partial charge in [-0.2, -0.15) is 0 Å². The molecule has 3 heteroatoms. The number of hydrogen-bond acceptors (Lipinski definition) is 2. The van der Waals surface area contributed by atoms with E-state index >= 15 is 0 Å². The maximum Gasteiger partial charge on any atom is 0.160 e. The van der Waals surface area contributed by atoms with E-state index < -0.39 is 0 Å². The van der Waals surface area contributed by atoms with E-state index in [1.807, 2.05) is 6.07 Å². The summed E-state index contributed by atoms with van der Waals surface area (Å²) in [5.74, 6) is 0.621. The summed E-state index contributed by atoms with van der Waals surface area (Å²) in [5, 5.41) is 0.588. The van der Waals surface area contributed by atoms with Gasteiger partial charge in [0.25, 0.3) is 0 Å². The molecule has 0 aliphatic heterocycles. The van der Waals surface area contributed by atoms with Crippen molar-refractivity contribution >= 4 is 17.3 Å². The monoisotopic (exact) mass is 227 g/mol. The first kappa shape index (κ1) is 12.2. The summed E-state index contributed by atoms with van der Waals surface area (Å²) >= 11 is 5.96. The summed E-state index contributed by atoms with van der Waals surface area (Å²) in [6.45, 7) is 2.88. The van der Waals surface area contributed by atoms with Gasteiger partial charge in [0.15, 0.2) is 5.75 Å². The molecule has 1 aromatic rings. The minimum absolute atomic E-state index is 0.588. The molecule has 0 fully saturated rings. The van der Waals surface area contributed by atoms with Crippen molar-refractivity contribution in [2.45, 2.75) is 32.6 Å². The van der Waals surface area contributed by atoms with Crippen LogP contribution in [-0.2, 0) is 0 Å². The molecular formula is C12H18ClNO. The molecule has 2 N–H and O–H groups in total. The van der Waals surface area contributed by atoms with E-state index in [0.29, 0.717) is 23.1 Å². The van der Waals surface area contributed by atoms with Crippen LogP contribution in [0, 0.1) is 0 Å². The highest BCUT2D eigenvalue weighted by Gasteiger charge is 2.04. The van der Waals surface area contributed by atoms with Crippen LogP contribution in [0.5, 0.6) is 5.75 Å². The van der Waals surface area contributed by atoms with Crippen molar-refractivity contribution in [3.8, 4) is 5.75 Å². The van der Waals surface area contributed by atoms with Crippen LogP contribution in [0.15, 0.2) is 18.2 Å². The van der Waals surface area contributed by atoms with Gasteiger partial charge in [-0.15, -0.1) is 0 Å². The smallest absolute Gasteiger partial charge is 0.160 e. The van der Waals surface area contributed by atoms with Crippen LogP contribution in [0.25, 0.3) is 0 Å². The third-order valence-electron chi connectivity index (χ3n) is 2.24. The van der Waals surface area contributed by atoms with Crippen molar-refractivity contribution < 1.29 is 4.74 Å². The van der Waals surface area contributed by atoms with Gasteiger partial charge in [0, 0.05) is 0 Å². The quantitative estimate of drug-likeness (QED) is 0.591. The average molecular weight is 228 g/mol. The number of nitrogens with two attached hydrogens (primary N) is 1. The molecule has 0 amide bonds. The fraction of sp³-hybridized carbons (Fsp3) is 0.500. The largest absolute Gasteiger partial charge is 0.490 e. The van der Waals surface area contributed by atoms with Crippen molar-refractivity contribution in [3.63, 3.8) is 0 Å². The summed E-state index contributed by atoms with van der Waals surface area (Å²) in [7, 11) is 0. The van der Waals surface area contributed by atoms with Crippen LogP contribution in [0.1, 0.15) is 32.6 Å². The van der Waals surface area contributed by atoms with Crippen LogP contribution in [0.2, 0.25) is 5.02 Å². The lowest BCUT2D eigenvalue weighted by molar-refractivity contribution is 0.307. The van der Waals surface area contributed by atoms with Crippen LogP contribution >= 0.6 is 11.6 Å². The van der Waals surface area contributed by atoms with E-state index in [1.165, 1.54) is 19.3 Å². The molecule has 15 heavy (non-hydrogen) atoms. The molecule has 0 aromatic heterocycles. The Hall–Kier alpha value is -0.890. The van der Waals surface area contributed by atoms with Gasteiger partial charge < -0.3 is 10.5 Å². The first-order valence-electron chi connectivity index (χ1n) is 5.42. The Kier molecular flexibility index (Phi) is 5.33. The maximum atomic E-state index is 5.96. The molecule has 0 atom stereocenters. The molecule has 0 bridgehead atoms. The molecule has 0 radical (unpaired) electrons. The summed E-state index contributed by atoms with van der Waals surface area (Å²) < 4.78 is 5.56. The molecule has 84 valence electrons. The summed E-state index contributed by atoms with van der Waals surface area (Å²) in [4.78, 5) is 0. The molecular weight excluding hydrogens is 210 g/mol. The highest BCUT2D eigenvalue weighted by atomic mass is 35.5. The van der Waals surface area contributed by atoms with Crippen LogP contribution < -0.4 is 10.5 Å². The normalized spacial score (nSPS) is 10.3. The molecule has 0 unspecified atom stereocenters. The molecule has 0 aliphatic carbocycles. The fourth-order valence-electron chi connectivity index (χ4n) is 1.38. The minimum atomic E-state index is 0.588. The summed E-state index contributed by atoms with van der Waals surface area (Å²) in [5.41, 5.74) is 6.36. The van der Waals surface area contributed by atoms with E-state index in [4.69, 9.17) is 22.1 Å².